The maximum absolute atomic E-state index is 13.6. The predicted octanol–water partition coefficient (Wildman–Crippen LogP) is 3.14. The number of carbonyl (C=O) groups is 1. The summed E-state index contributed by atoms with van der Waals surface area (Å²) in [6.45, 7) is 10.2. The maximum atomic E-state index is 13.6. The fourth-order valence-corrected chi connectivity index (χ4v) is 1.82. The van der Waals surface area contributed by atoms with Crippen LogP contribution in [0.25, 0.3) is 0 Å². The van der Waals surface area contributed by atoms with Crippen LogP contribution in [-0.2, 0) is 11.3 Å². The van der Waals surface area contributed by atoms with Crippen molar-refractivity contribution >= 4 is 6.09 Å². The van der Waals surface area contributed by atoms with Crippen LogP contribution in [0.1, 0.15) is 38.8 Å². The lowest BCUT2D eigenvalue weighted by molar-refractivity contribution is 0.0508. The molecule has 118 valence electrons. The molecule has 0 saturated carbocycles. The third-order valence-electron chi connectivity index (χ3n) is 2.73. The smallest absolute Gasteiger partial charge is 0.407 e. The van der Waals surface area contributed by atoms with Gasteiger partial charge in [0.05, 0.1) is 0 Å². The Bertz CT molecular complexity index is 484. The predicted molar refractivity (Wildman–Crippen MR) is 81.7 cm³/mol. The molecule has 2 N–H and O–H groups in total. The van der Waals surface area contributed by atoms with Crippen LogP contribution in [-0.4, -0.2) is 24.3 Å². The molecule has 1 atom stereocenters. The summed E-state index contributed by atoms with van der Waals surface area (Å²) in [5.41, 5.74) is 1.13. The number of hydrogen-bond donors (Lipinski definition) is 2. The number of halogens is 1. The summed E-state index contributed by atoms with van der Waals surface area (Å²) in [7, 11) is 0. The Hall–Kier alpha value is -1.62. The number of amides is 1. The molecular formula is C16H25FN2O2. The Kier molecular flexibility index (Phi) is 6.15. The maximum Gasteiger partial charge on any atom is 0.407 e. The first kappa shape index (κ1) is 17.4. The van der Waals surface area contributed by atoms with Gasteiger partial charge in [0.2, 0.25) is 0 Å². The highest BCUT2D eigenvalue weighted by atomic mass is 19.1. The molecule has 1 amide bonds. The number of rotatable bonds is 5. The van der Waals surface area contributed by atoms with E-state index in [4.69, 9.17) is 4.74 Å². The largest absolute Gasteiger partial charge is 0.444 e. The van der Waals surface area contributed by atoms with Crippen LogP contribution in [0.4, 0.5) is 9.18 Å². The highest BCUT2D eigenvalue weighted by Gasteiger charge is 2.17. The normalized spacial score (nSPS) is 12.9. The molecule has 21 heavy (non-hydrogen) atoms. The van der Waals surface area contributed by atoms with Crippen molar-refractivity contribution in [2.75, 3.05) is 6.54 Å². The zero-order valence-electron chi connectivity index (χ0n) is 13.4. The fraction of sp³-hybridized carbons (Fsp3) is 0.562. The standard InChI is InChI=1S/C16H25FN2O2/c1-11-6-7-14(17)13(8-11)10-18-9-12(2)19-15(20)21-16(3,4)5/h6-8,12,18H,9-10H2,1-5H3,(H,19,20). The lowest BCUT2D eigenvalue weighted by Crippen LogP contribution is -2.42. The summed E-state index contributed by atoms with van der Waals surface area (Å²) in [4.78, 5) is 11.6. The van der Waals surface area contributed by atoms with Crippen LogP contribution in [0.15, 0.2) is 18.2 Å². The molecule has 1 aromatic carbocycles. The summed E-state index contributed by atoms with van der Waals surface area (Å²) in [5, 5.41) is 5.86. The van der Waals surface area contributed by atoms with Gasteiger partial charge >= 0.3 is 6.09 Å². The molecule has 0 spiro atoms. The molecule has 0 heterocycles. The number of alkyl carbamates (subject to hydrolysis) is 1. The number of benzene rings is 1. The average molecular weight is 296 g/mol. The first-order chi connectivity index (χ1) is 9.67. The van der Waals surface area contributed by atoms with Crippen LogP contribution < -0.4 is 10.6 Å². The Morgan fingerprint density at radius 3 is 2.67 bits per heavy atom. The Morgan fingerprint density at radius 2 is 2.05 bits per heavy atom. The first-order valence-corrected chi connectivity index (χ1v) is 7.12. The van der Waals surface area contributed by atoms with E-state index in [2.05, 4.69) is 10.6 Å². The van der Waals surface area contributed by atoms with Gasteiger partial charge in [-0.25, -0.2) is 9.18 Å². The highest BCUT2D eigenvalue weighted by Crippen LogP contribution is 2.09. The van der Waals surface area contributed by atoms with E-state index in [1.54, 1.807) is 6.07 Å². The third-order valence-corrected chi connectivity index (χ3v) is 2.73. The molecule has 0 aliphatic carbocycles. The summed E-state index contributed by atoms with van der Waals surface area (Å²) in [6.07, 6.45) is -0.446. The summed E-state index contributed by atoms with van der Waals surface area (Å²) in [6, 6.07) is 4.92. The Balaban J connectivity index is 2.35. The summed E-state index contributed by atoms with van der Waals surface area (Å²) >= 11 is 0. The molecule has 0 radical (unpaired) electrons. The lowest BCUT2D eigenvalue weighted by atomic mass is 10.1. The molecule has 1 aromatic rings. The van der Waals surface area contributed by atoms with E-state index in [1.807, 2.05) is 40.7 Å². The van der Waals surface area contributed by atoms with E-state index in [-0.39, 0.29) is 11.9 Å². The van der Waals surface area contributed by atoms with Gasteiger partial charge in [-0.15, -0.1) is 0 Å². The quantitative estimate of drug-likeness (QED) is 0.877. The third kappa shape index (κ3) is 7.09. The minimum Gasteiger partial charge on any atom is -0.444 e. The Morgan fingerprint density at radius 1 is 1.38 bits per heavy atom. The van der Waals surface area contributed by atoms with Gasteiger partial charge in [-0.2, -0.15) is 0 Å². The summed E-state index contributed by atoms with van der Waals surface area (Å²) in [5.74, 6) is -0.221. The van der Waals surface area contributed by atoms with Crippen molar-refractivity contribution in [1.82, 2.24) is 10.6 Å². The molecule has 0 aliphatic heterocycles. The molecule has 0 bridgehead atoms. The zero-order chi connectivity index (χ0) is 16.0. The topological polar surface area (TPSA) is 50.4 Å². The molecule has 5 heteroatoms. The van der Waals surface area contributed by atoms with Crippen molar-refractivity contribution in [3.8, 4) is 0 Å². The van der Waals surface area contributed by atoms with E-state index in [1.165, 1.54) is 6.07 Å². The molecule has 1 unspecified atom stereocenters. The SMILES string of the molecule is Cc1ccc(F)c(CNCC(C)NC(=O)OC(C)(C)C)c1. The van der Waals surface area contributed by atoms with Crippen molar-refractivity contribution in [2.24, 2.45) is 0 Å². The fourth-order valence-electron chi connectivity index (χ4n) is 1.82. The summed E-state index contributed by atoms with van der Waals surface area (Å²) < 4.78 is 18.7. The van der Waals surface area contributed by atoms with E-state index in [0.29, 0.717) is 18.7 Å². The van der Waals surface area contributed by atoms with Gasteiger partial charge in [0.25, 0.3) is 0 Å². The van der Waals surface area contributed by atoms with Crippen LogP contribution in [0, 0.1) is 12.7 Å². The minimum atomic E-state index is -0.512. The van der Waals surface area contributed by atoms with Crippen molar-refractivity contribution in [3.63, 3.8) is 0 Å². The van der Waals surface area contributed by atoms with Gasteiger partial charge in [-0.05, 0) is 40.7 Å². The molecular weight excluding hydrogens is 271 g/mol. The van der Waals surface area contributed by atoms with Gasteiger partial charge < -0.3 is 15.4 Å². The van der Waals surface area contributed by atoms with Crippen LogP contribution in [0.5, 0.6) is 0 Å². The molecule has 4 nitrogen and oxygen atoms in total. The first-order valence-electron chi connectivity index (χ1n) is 7.12. The van der Waals surface area contributed by atoms with E-state index < -0.39 is 11.7 Å². The van der Waals surface area contributed by atoms with E-state index >= 15 is 0 Å². The van der Waals surface area contributed by atoms with Crippen molar-refractivity contribution in [3.05, 3.63) is 35.1 Å². The van der Waals surface area contributed by atoms with Gasteiger partial charge in [0.15, 0.2) is 0 Å². The second-order valence-electron chi connectivity index (χ2n) is 6.27. The average Bonchev–Trinajstić information content (AvgIpc) is 2.31. The van der Waals surface area contributed by atoms with Crippen LogP contribution in [0.3, 0.4) is 0 Å². The highest BCUT2D eigenvalue weighted by molar-refractivity contribution is 5.68. The van der Waals surface area contributed by atoms with Crippen LogP contribution in [0.2, 0.25) is 0 Å². The Labute approximate surface area is 126 Å². The van der Waals surface area contributed by atoms with Crippen molar-refractivity contribution < 1.29 is 13.9 Å². The van der Waals surface area contributed by atoms with E-state index in [0.717, 1.165) is 5.56 Å². The van der Waals surface area contributed by atoms with E-state index in [9.17, 15) is 9.18 Å². The number of ether oxygens (including phenoxy) is 1. The number of aryl methyl sites for hydroxylation is 1. The molecule has 0 aromatic heterocycles. The minimum absolute atomic E-state index is 0.104. The molecule has 0 aliphatic rings. The second kappa shape index (κ2) is 7.41. The van der Waals surface area contributed by atoms with Crippen molar-refractivity contribution in [1.29, 1.82) is 0 Å². The van der Waals surface area contributed by atoms with Gasteiger partial charge in [-0.3, -0.25) is 0 Å². The second-order valence-corrected chi connectivity index (χ2v) is 6.27. The lowest BCUT2D eigenvalue weighted by Gasteiger charge is -2.22. The van der Waals surface area contributed by atoms with Gasteiger partial charge in [-0.1, -0.05) is 17.7 Å². The van der Waals surface area contributed by atoms with Crippen LogP contribution >= 0.6 is 0 Å². The van der Waals surface area contributed by atoms with Crippen molar-refractivity contribution in [2.45, 2.75) is 52.8 Å². The number of hydrogen-bond acceptors (Lipinski definition) is 3. The van der Waals surface area contributed by atoms with Gasteiger partial charge in [0, 0.05) is 24.7 Å². The molecule has 0 fully saturated rings. The monoisotopic (exact) mass is 296 g/mol. The molecule has 1 rings (SSSR count). The molecule has 0 saturated heterocycles. The zero-order valence-corrected chi connectivity index (χ0v) is 13.4. The number of carbonyl (C=O) groups excluding carboxylic acids is 1. The van der Waals surface area contributed by atoms with Gasteiger partial charge in [0.1, 0.15) is 11.4 Å². The number of nitrogens with one attached hydrogen (secondary N) is 2.